The third kappa shape index (κ3) is 6.40. The summed E-state index contributed by atoms with van der Waals surface area (Å²) >= 11 is 0. The minimum absolute atomic E-state index is 0.147. The molecule has 0 aliphatic carbocycles. The number of ether oxygens (including phenoxy) is 1. The molecule has 3 nitrogen and oxygen atoms in total. The number of hydrogen-bond acceptors (Lipinski definition) is 3. The van der Waals surface area contributed by atoms with Gasteiger partial charge in [-0.15, -0.1) is 0 Å². The molecular weight excluding hydrogens is 228 g/mol. The highest BCUT2D eigenvalue weighted by Crippen LogP contribution is 2.16. The van der Waals surface area contributed by atoms with Crippen LogP contribution in [0.25, 0.3) is 0 Å². The van der Waals surface area contributed by atoms with E-state index in [1.165, 1.54) is 0 Å². The molecule has 0 saturated carbocycles. The lowest BCUT2D eigenvalue weighted by Crippen LogP contribution is -2.19. The highest BCUT2D eigenvalue weighted by molar-refractivity contribution is 5.78. The first-order valence-electron chi connectivity index (χ1n) is 6.30. The summed E-state index contributed by atoms with van der Waals surface area (Å²) in [5.41, 5.74) is 0.335. The van der Waals surface area contributed by atoms with Gasteiger partial charge >= 0.3 is 0 Å². The van der Waals surface area contributed by atoms with Crippen LogP contribution in [0.4, 0.5) is 0 Å². The van der Waals surface area contributed by atoms with E-state index in [-0.39, 0.29) is 5.78 Å². The first-order valence-corrected chi connectivity index (χ1v) is 6.30. The minimum atomic E-state index is -0.639. The maximum Gasteiger partial charge on any atom is 0.134 e. The summed E-state index contributed by atoms with van der Waals surface area (Å²) in [5, 5.41) is 9.57. The monoisotopic (exact) mass is 250 g/mol. The Balaban J connectivity index is 2.40. The van der Waals surface area contributed by atoms with E-state index < -0.39 is 5.60 Å². The van der Waals surface area contributed by atoms with E-state index in [2.05, 4.69) is 0 Å². The number of rotatable bonds is 7. The van der Waals surface area contributed by atoms with Crippen molar-refractivity contribution < 1.29 is 14.6 Å². The Bertz CT molecular complexity index is 391. The predicted octanol–water partition coefficient (Wildman–Crippen LogP) is 2.75. The molecule has 0 aromatic heterocycles. The summed E-state index contributed by atoms with van der Waals surface area (Å²) in [4.78, 5) is 11.0. The quantitative estimate of drug-likeness (QED) is 0.757. The Labute approximate surface area is 109 Å². The second-order valence-corrected chi connectivity index (χ2v) is 5.29. The van der Waals surface area contributed by atoms with Crippen LogP contribution in [0.5, 0.6) is 5.75 Å². The lowest BCUT2D eigenvalue weighted by Gasteiger charge is -2.16. The van der Waals surface area contributed by atoms with Crippen LogP contribution in [0.15, 0.2) is 24.3 Å². The SMILES string of the molecule is CC(=O)Cc1cccc(OCCCC(C)(C)O)c1. The zero-order valence-corrected chi connectivity index (χ0v) is 11.4. The van der Waals surface area contributed by atoms with Gasteiger partial charge in [-0.3, -0.25) is 4.79 Å². The number of ketones is 1. The topological polar surface area (TPSA) is 46.5 Å². The number of hydrogen-bond donors (Lipinski definition) is 1. The summed E-state index contributed by atoms with van der Waals surface area (Å²) in [6.45, 7) is 5.74. The Morgan fingerprint density at radius 3 is 2.72 bits per heavy atom. The van der Waals surface area contributed by atoms with Crippen molar-refractivity contribution in [1.29, 1.82) is 0 Å². The second-order valence-electron chi connectivity index (χ2n) is 5.29. The summed E-state index contributed by atoms with van der Waals surface area (Å²) < 4.78 is 5.60. The molecule has 1 aromatic rings. The smallest absolute Gasteiger partial charge is 0.134 e. The van der Waals surface area contributed by atoms with Crippen LogP contribution < -0.4 is 4.74 Å². The summed E-state index contributed by atoms with van der Waals surface area (Å²) in [7, 11) is 0. The number of carbonyl (C=O) groups excluding carboxylic acids is 1. The molecular formula is C15H22O3. The van der Waals surface area contributed by atoms with Crippen molar-refractivity contribution in [3.63, 3.8) is 0 Å². The summed E-state index contributed by atoms with van der Waals surface area (Å²) in [5.74, 6) is 0.929. The van der Waals surface area contributed by atoms with E-state index in [0.29, 0.717) is 19.4 Å². The van der Waals surface area contributed by atoms with Gasteiger partial charge in [-0.25, -0.2) is 0 Å². The van der Waals surface area contributed by atoms with Crippen molar-refractivity contribution in [1.82, 2.24) is 0 Å². The molecule has 18 heavy (non-hydrogen) atoms. The van der Waals surface area contributed by atoms with E-state index in [4.69, 9.17) is 4.74 Å². The van der Waals surface area contributed by atoms with Gasteiger partial charge in [-0.05, 0) is 51.3 Å². The van der Waals surface area contributed by atoms with Crippen molar-refractivity contribution in [2.24, 2.45) is 0 Å². The van der Waals surface area contributed by atoms with E-state index in [0.717, 1.165) is 17.7 Å². The lowest BCUT2D eigenvalue weighted by molar-refractivity contribution is -0.116. The van der Waals surface area contributed by atoms with Crippen LogP contribution in [0.1, 0.15) is 39.2 Å². The third-order valence-corrected chi connectivity index (χ3v) is 2.55. The third-order valence-electron chi connectivity index (χ3n) is 2.55. The van der Waals surface area contributed by atoms with E-state index >= 15 is 0 Å². The molecule has 0 bridgehead atoms. The van der Waals surface area contributed by atoms with Crippen LogP contribution >= 0.6 is 0 Å². The van der Waals surface area contributed by atoms with Gasteiger partial charge in [-0.1, -0.05) is 12.1 Å². The highest BCUT2D eigenvalue weighted by atomic mass is 16.5. The van der Waals surface area contributed by atoms with Crippen LogP contribution in [-0.4, -0.2) is 23.1 Å². The Kier molecular flexibility index (Phi) is 5.35. The normalized spacial score (nSPS) is 11.3. The maximum atomic E-state index is 11.0. The average Bonchev–Trinajstić information content (AvgIpc) is 2.23. The van der Waals surface area contributed by atoms with Crippen LogP contribution in [-0.2, 0) is 11.2 Å². The minimum Gasteiger partial charge on any atom is -0.494 e. The van der Waals surface area contributed by atoms with Crippen LogP contribution in [0.3, 0.4) is 0 Å². The van der Waals surface area contributed by atoms with Gasteiger partial charge in [0.1, 0.15) is 11.5 Å². The summed E-state index contributed by atoms with van der Waals surface area (Å²) in [6.07, 6.45) is 1.96. The fourth-order valence-electron chi connectivity index (χ4n) is 1.73. The molecule has 0 unspecified atom stereocenters. The van der Waals surface area contributed by atoms with Crippen molar-refractivity contribution >= 4 is 5.78 Å². The number of Topliss-reactive ketones (excluding diaryl/α,β-unsaturated/α-hetero) is 1. The van der Waals surface area contributed by atoms with Crippen LogP contribution in [0, 0.1) is 0 Å². The molecule has 100 valence electrons. The van der Waals surface area contributed by atoms with E-state index in [1.54, 1.807) is 20.8 Å². The van der Waals surface area contributed by atoms with Gasteiger partial charge in [-0.2, -0.15) is 0 Å². The van der Waals surface area contributed by atoms with Gasteiger partial charge in [0.15, 0.2) is 0 Å². The number of benzene rings is 1. The zero-order chi connectivity index (χ0) is 13.6. The lowest BCUT2D eigenvalue weighted by atomic mass is 10.0. The number of aliphatic hydroxyl groups is 1. The fraction of sp³-hybridized carbons (Fsp3) is 0.533. The predicted molar refractivity (Wildman–Crippen MR) is 71.9 cm³/mol. The molecule has 0 spiro atoms. The van der Waals surface area contributed by atoms with Gasteiger partial charge < -0.3 is 9.84 Å². The van der Waals surface area contributed by atoms with Gasteiger partial charge in [0.05, 0.1) is 12.2 Å². The molecule has 1 rings (SSSR count). The Hall–Kier alpha value is -1.35. The molecule has 0 fully saturated rings. The van der Waals surface area contributed by atoms with Crippen molar-refractivity contribution in [2.45, 2.75) is 45.6 Å². The van der Waals surface area contributed by atoms with Gasteiger partial charge in [0.2, 0.25) is 0 Å². The molecule has 0 amide bonds. The second kappa shape index (κ2) is 6.55. The molecule has 1 aromatic carbocycles. The molecule has 3 heteroatoms. The largest absolute Gasteiger partial charge is 0.494 e. The molecule has 1 N–H and O–H groups in total. The Morgan fingerprint density at radius 1 is 1.39 bits per heavy atom. The van der Waals surface area contributed by atoms with E-state index in [1.807, 2.05) is 24.3 Å². The molecule has 0 aliphatic rings. The summed E-state index contributed by atoms with van der Waals surface area (Å²) in [6, 6.07) is 7.59. The van der Waals surface area contributed by atoms with Crippen LogP contribution in [0.2, 0.25) is 0 Å². The number of carbonyl (C=O) groups is 1. The molecule has 0 radical (unpaired) electrons. The maximum absolute atomic E-state index is 11.0. The molecule has 0 saturated heterocycles. The van der Waals surface area contributed by atoms with Crippen molar-refractivity contribution in [3.8, 4) is 5.75 Å². The standard InChI is InChI=1S/C15H22O3/c1-12(16)10-13-6-4-7-14(11-13)18-9-5-8-15(2,3)17/h4,6-7,11,17H,5,8-10H2,1-3H3. The first kappa shape index (κ1) is 14.7. The fourth-order valence-corrected chi connectivity index (χ4v) is 1.73. The van der Waals surface area contributed by atoms with E-state index in [9.17, 15) is 9.90 Å². The average molecular weight is 250 g/mol. The molecule has 0 heterocycles. The van der Waals surface area contributed by atoms with Crippen molar-refractivity contribution in [2.75, 3.05) is 6.61 Å². The zero-order valence-electron chi connectivity index (χ0n) is 11.4. The first-order chi connectivity index (χ1) is 8.37. The van der Waals surface area contributed by atoms with Gasteiger partial charge in [0.25, 0.3) is 0 Å². The molecule has 0 aliphatic heterocycles. The Morgan fingerprint density at radius 2 is 2.11 bits per heavy atom. The van der Waals surface area contributed by atoms with Crippen molar-refractivity contribution in [3.05, 3.63) is 29.8 Å². The molecule has 0 atom stereocenters. The highest BCUT2D eigenvalue weighted by Gasteiger charge is 2.11. The van der Waals surface area contributed by atoms with Gasteiger partial charge in [0, 0.05) is 6.42 Å².